The monoisotopic (exact) mass is 554 g/mol. The van der Waals surface area contributed by atoms with Gasteiger partial charge in [0.05, 0.1) is 16.5 Å². The van der Waals surface area contributed by atoms with Crippen LogP contribution in [0.2, 0.25) is 78.6 Å². The van der Waals surface area contributed by atoms with E-state index in [4.69, 9.17) is 9.30 Å². The maximum Gasteiger partial charge on any atom is 2.00 e. The van der Waals surface area contributed by atoms with Crippen LogP contribution in [-0.4, -0.2) is 49.4 Å². The first kappa shape index (κ1) is 39.0. The zero-order valence-corrected chi connectivity index (χ0v) is 30.4. The Hall–Kier alpha value is 1.72. The molecule has 0 aliphatic rings. The SMILES string of the molecule is CC(C)[PH+](C(C)C)C(C)(C)C.C[Si](C)(C)[N-][Si](C)(C)C.C[Si](C)(C)[N-][Si](C)(C)C.[Co+2]. The Bertz CT molecular complexity index is 369. The van der Waals surface area contributed by atoms with E-state index in [9.17, 15) is 0 Å². The summed E-state index contributed by atoms with van der Waals surface area (Å²) in [5.74, 6) is 0. The smallest absolute Gasteiger partial charge is 0.668 e. The molecular formula is C22H60CoN2PSi4+. The summed E-state index contributed by atoms with van der Waals surface area (Å²) < 4.78 is 9.64. The van der Waals surface area contributed by atoms with Crippen LogP contribution in [-0.2, 0) is 16.8 Å². The molecule has 1 radical (unpaired) electrons. The van der Waals surface area contributed by atoms with Crippen LogP contribution in [0, 0.1) is 0 Å². The molecule has 0 saturated carbocycles. The third-order valence-electron chi connectivity index (χ3n) is 3.45. The van der Waals surface area contributed by atoms with Gasteiger partial charge in [-0.15, -0.1) is 0 Å². The van der Waals surface area contributed by atoms with E-state index in [0.29, 0.717) is 5.16 Å². The average molecular weight is 555 g/mol. The molecule has 0 unspecified atom stereocenters. The minimum absolute atomic E-state index is 0. The molecule has 0 amide bonds. The van der Waals surface area contributed by atoms with Crippen LogP contribution in [0.5, 0.6) is 0 Å². The third-order valence-corrected chi connectivity index (χ3v) is 18.4. The van der Waals surface area contributed by atoms with Crippen molar-refractivity contribution in [2.75, 3.05) is 0 Å². The number of hydrogen-bond donors (Lipinski definition) is 0. The van der Waals surface area contributed by atoms with Gasteiger partial charge in [-0.25, -0.2) is 0 Å². The molecule has 0 rings (SSSR count). The molecule has 0 spiro atoms. The van der Waals surface area contributed by atoms with Gasteiger partial charge in [0.15, 0.2) is 0 Å². The minimum atomic E-state index is -1.11. The quantitative estimate of drug-likeness (QED) is 0.231. The van der Waals surface area contributed by atoms with Crippen LogP contribution >= 0.6 is 7.92 Å². The predicted molar refractivity (Wildman–Crippen MR) is 158 cm³/mol. The number of hydrogen-bond acceptors (Lipinski definition) is 0. The van der Waals surface area contributed by atoms with Gasteiger partial charge in [-0.05, 0) is 48.5 Å². The molecule has 0 heterocycles. The predicted octanol–water partition coefficient (Wildman–Crippen LogP) is 9.87. The molecule has 0 aliphatic heterocycles. The Morgan fingerprint density at radius 1 is 0.500 bits per heavy atom. The fourth-order valence-corrected chi connectivity index (χ4v) is 25.3. The van der Waals surface area contributed by atoms with Gasteiger partial charge >= 0.3 is 16.8 Å². The first-order chi connectivity index (χ1) is 12.2. The van der Waals surface area contributed by atoms with E-state index in [0.717, 1.165) is 11.3 Å². The average Bonchev–Trinajstić information content (AvgIpc) is 2.13. The van der Waals surface area contributed by atoms with Crippen LogP contribution in [0.25, 0.3) is 9.30 Å². The van der Waals surface area contributed by atoms with Gasteiger partial charge in [-0.3, -0.25) is 0 Å². The summed E-state index contributed by atoms with van der Waals surface area (Å²) >= 11 is 0. The fourth-order valence-electron chi connectivity index (χ4n) is 4.41. The minimum Gasteiger partial charge on any atom is -0.668 e. The maximum absolute atomic E-state index is 4.82. The van der Waals surface area contributed by atoms with Crippen LogP contribution in [0.3, 0.4) is 0 Å². The number of nitrogens with zero attached hydrogens (tertiary/aromatic N) is 2. The topological polar surface area (TPSA) is 28.2 Å². The second-order valence-electron chi connectivity index (χ2n) is 13.9. The second-order valence-corrected chi connectivity index (χ2v) is 37.8. The van der Waals surface area contributed by atoms with Crippen molar-refractivity contribution < 1.29 is 16.8 Å². The van der Waals surface area contributed by atoms with Crippen molar-refractivity contribution in [3.05, 3.63) is 9.30 Å². The molecule has 30 heavy (non-hydrogen) atoms. The molecule has 0 atom stereocenters. The maximum atomic E-state index is 4.82. The molecule has 8 heteroatoms. The van der Waals surface area contributed by atoms with Crippen molar-refractivity contribution in [3.63, 3.8) is 0 Å². The van der Waals surface area contributed by atoms with Gasteiger partial charge in [0.25, 0.3) is 0 Å². The van der Waals surface area contributed by atoms with Crippen molar-refractivity contribution in [3.8, 4) is 0 Å². The molecule has 187 valence electrons. The van der Waals surface area contributed by atoms with Gasteiger partial charge in [-0.1, -0.05) is 112 Å². The largest absolute Gasteiger partial charge is 2.00 e. The van der Waals surface area contributed by atoms with Gasteiger partial charge in [0, 0.05) is 7.92 Å². The molecule has 0 bridgehead atoms. The van der Waals surface area contributed by atoms with E-state index in [1.54, 1.807) is 0 Å². The summed E-state index contributed by atoms with van der Waals surface area (Å²) in [5.41, 5.74) is 1.81. The molecule has 0 aliphatic carbocycles. The van der Waals surface area contributed by atoms with Gasteiger partial charge < -0.3 is 9.30 Å². The summed E-state index contributed by atoms with van der Waals surface area (Å²) in [5, 5.41) is 0.562. The van der Waals surface area contributed by atoms with Crippen molar-refractivity contribution in [1.82, 2.24) is 0 Å². The molecular weight excluding hydrogens is 495 g/mol. The van der Waals surface area contributed by atoms with Crippen LogP contribution in [0.4, 0.5) is 0 Å². The molecule has 0 N–H and O–H groups in total. The molecule has 0 aromatic carbocycles. The van der Waals surface area contributed by atoms with Crippen LogP contribution < -0.4 is 0 Å². The Labute approximate surface area is 209 Å². The van der Waals surface area contributed by atoms with Gasteiger partial charge in [0.1, 0.15) is 0 Å². The van der Waals surface area contributed by atoms with E-state index in [1.807, 2.05) is 0 Å². The van der Waals surface area contributed by atoms with Crippen molar-refractivity contribution >= 4 is 40.9 Å². The van der Waals surface area contributed by atoms with E-state index in [-0.39, 0.29) is 24.7 Å². The Kier molecular flexibility index (Phi) is 19.3. The summed E-state index contributed by atoms with van der Waals surface area (Å²) in [6.07, 6.45) is 0. The first-order valence-corrected chi connectivity index (χ1v) is 27.0. The molecule has 0 aromatic heterocycles. The van der Waals surface area contributed by atoms with E-state index in [1.165, 1.54) is 0 Å². The fraction of sp³-hybridized carbons (Fsp3) is 1.00. The summed E-state index contributed by atoms with van der Waals surface area (Å²) in [7, 11) is -4.62. The third kappa shape index (κ3) is 31.9. The summed E-state index contributed by atoms with van der Waals surface area (Å²) in [4.78, 5) is 0. The van der Waals surface area contributed by atoms with Crippen LogP contribution in [0.15, 0.2) is 0 Å². The Morgan fingerprint density at radius 2 is 0.667 bits per heavy atom. The zero-order chi connectivity index (χ0) is 24.6. The standard InChI is InChI=1S/C10H23P.2C6H18NSi2.Co/c1-8(2)11(9(3)4)10(5,6)7;2*1-8(2,3)7-9(4,5)6;/h8-9H,1-7H3;2*1-6H3;/q;2*-1;+2/p+1. The van der Waals surface area contributed by atoms with Crippen molar-refractivity contribution in [2.24, 2.45) is 0 Å². The van der Waals surface area contributed by atoms with Crippen LogP contribution in [0.1, 0.15) is 48.5 Å². The van der Waals surface area contributed by atoms with E-state index >= 15 is 0 Å². The van der Waals surface area contributed by atoms with Gasteiger partial charge in [0.2, 0.25) is 0 Å². The van der Waals surface area contributed by atoms with E-state index < -0.39 is 32.9 Å². The van der Waals surface area contributed by atoms with Gasteiger partial charge in [-0.2, -0.15) is 0 Å². The molecule has 0 fully saturated rings. The Balaban J connectivity index is -0.000000167. The molecule has 2 nitrogen and oxygen atoms in total. The normalized spacial score (nSPS) is 13.4. The van der Waals surface area contributed by atoms with Crippen molar-refractivity contribution in [1.29, 1.82) is 0 Å². The second kappa shape index (κ2) is 14.9. The Morgan fingerprint density at radius 3 is 0.667 bits per heavy atom. The van der Waals surface area contributed by atoms with Crippen molar-refractivity contribution in [2.45, 2.75) is 144 Å². The summed E-state index contributed by atoms with van der Waals surface area (Å²) in [6, 6.07) is 0. The first-order valence-electron chi connectivity index (χ1n) is 11.5. The number of rotatable bonds is 6. The molecule has 0 saturated heterocycles. The summed E-state index contributed by atoms with van der Waals surface area (Å²) in [6.45, 7) is 44.2. The zero-order valence-electron chi connectivity index (χ0n) is 24.4. The molecule has 0 aromatic rings. The van der Waals surface area contributed by atoms with E-state index in [2.05, 4.69) is 127 Å².